The summed E-state index contributed by atoms with van der Waals surface area (Å²) in [7, 11) is 0. The molecule has 2 aliphatic rings. The number of nitrogens with one attached hydrogen (secondary N) is 1. The first-order valence-corrected chi connectivity index (χ1v) is 9.11. The summed E-state index contributed by atoms with van der Waals surface area (Å²) in [5.74, 6) is -0.364. The molecule has 1 unspecified atom stereocenters. The van der Waals surface area contributed by atoms with Crippen molar-refractivity contribution in [3.8, 4) is 0 Å². The van der Waals surface area contributed by atoms with Gasteiger partial charge in [-0.1, -0.05) is 0 Å². The number of carbonyl (C=O) groups excluding carboxylic acids is 3. The standard InChI is InChI=1S/C18H25N5O3/c1-12(2)23-11-13(9-16(23)24)18(26)22-7-3-14(4-8-22)21-17(25)15-10-19-5-6-20-15/h5-6,10,12-14H,3-4,7-9,11H2,1-2H3,(H,21,25). The summed E-state index contributed by atoms with van der Waals surface area (Å²) in [6.45, 7) is 5.64. The molecule has 0 aromatic carbocycles. The summed E-state index contributed by atoms with van der Waals surface area (Å²) >= 11 is 0. The van der Waals surface area contributed by atoms with Crippen LogP contribution in [0, 0.1) is 5.92 Å². The van der Waals surface area contributed by atoms with E-state index in [-0.39, 0.29) is 35.7 Å². The maximum Gasteiger partial charge on any atom is 0.271 e. The van der Waals surface area contributed by atoms with Crippen molar-refractivity contribution >= 4 is 17.7 Å². The molecule has 3 heterocycles. The zero-order valence-electron chi connectivity index (χ0n) is 15.2. The fourth-order valence-electron chi connectivity index (χ4n) is 3.57. The largest absolute Gasteiger partial charge is 0.348 e. The summed E-state index contributed by atoms with van der Waals surface area (Å²) in [6.07, 6.45) is 6.15. The van der Waals surface area contributed by atoms with Gasteiger partial charge in [-0.3, -0.25) is 19.4 Å². The lowest BCUT2D eigenvalue weighted by Gasteiger charge is -2.33. The third kappa shape index (κ3) is 4.00. The molecule has 3 rings (SSSR count). The molecule has 1 atom stereocenters. The minimum Gasteiger partial charge on any atom is -0.348 e. The van der Waals surface area contributed by atoms with Crippen LogP contribution in [0.4, 0.5) is 0 Å². The second kappa shape index (κ2) is 7.80. The quantitative estimate of drug-likeness (QED) is 0.842. The molecule has 140 valence electrons. The molecule has 3 amide bonds. The molecule has 2 saturated heterocycles. The van der Waals surface area contributed by atoms with Crippen molar-refractivity contribution in [3.63, 3.8) is 0 Å². The molecular formula is C18H25N5O3. The van der Waals surface area contributed by atoms with Crippen LogP contribution < -0.4 is 5.32 Å². The van der Waals surface area contributed by atoms with Crippen molar-refractivity contribution in [2.75, 3.05) is 19.6 Å². The topological polar surface area (TPSA) is 95.5 Å². The van der Waals surface area contributed by atoms with Gasteiger partial charge >= 0.3 is 0 Å². The monoisotopic (exact) mass is 359 g/mol. The lowest BCUT2D eigenvalue weighted by molar-refractivity contribution is -0.136. The van der Waals surface area contributed by atoms with E-state index in [9.17, 15) is 14.4 Å². The third-order valence-corrected chi connectivity index (χ3v) is 5.07. The molecule has 8 nitrogen and oxygen atoms in total. The van der Waals surface area contributed by atoms with Gasteiger partial charge < -0.3 is 15.1 Å². The third-order valence-electron chi connectivity index (χ3n) is 5.07. The minimum absolute atomic E-state index is 0.0194. The van der Waals surface area contributed by atoms with Crippen LogP contribution in [0.1, 0.15) is 43.6 Å². The Balaban J connectivity index is 1.48. The number of piperidine rings is 1. The summed E-state index contributed by atoms with van der Waals surface area (Å²) in [4.78, 5) is 48.3. The Hall–Kier alpha value is -2.51. The average Bonchev–Trinajstić information content (AvgIpc) is 3.04. The van der Waals surface area contributed by atoms with Gasteiger partial charge in [-0.15, -0.1) is 0 Å². The van der Waals surface area contributed by atoms with E-state index < -0.39 is 0 Å². The molecular weight excluding hydrogens is 334 g/mol. The summed E-state index contributed by atoms with van der Waals surface area (Å²) in [5.41, 5.74) is 0.296. The fraction of sp³-hybridized carbons (Fsp3) is 0.611. The van der Waals surface area contributed by atoms with Gasteiger partial charge in [0.1, 0.15) is 5.69 Å². The Bertz CT molecular complexity index is 671. The SMILES string of the molecule is CC(C)N1CC(C(=O)N2CCC(NC(=O)c3cnccn3)CC2)CC1=O. The summed E-state index contributed by atoms with van der Waals surface area (Å²) in [6, 6.07) is 0.147. The number of rotatable bonds is 4. The first kappa shape index (κ1) is 18.3. The molecule has 1 N–H and O–H groups in total. The van der Waals surface area contributed by atoms with E-state index in [2.05, 4.69) is 15.3 Å². The second-order valence-electron chi connectivity index (χ2n) is 7.20. The average molecular weight is 359 g/mol. The molecule has 2 aliphatic heterocycles. The highest BCUT2D eigenvalue weighted by atomic mass is 16.2. The number of hydrogen-bond acceptors (Lipinski definition) is 5. The van der Waals surface area contributed by atoms with Crippen LogP contribution in [0.5, 0.6) is 0 Å². The highest BCUT2D eigenvalue weighted by Gasteiger charge is 2.38. The van der Waals surface area contributed by atoms with Crippen LogP contribution in [0.25, 0.3) is 0 Å². The normalized spacial score (nSPS) is 21.3. The van der Waals surface area contributed by atoms with Crippen molar-refractivity contribution in [3.05, 3.63) is 24.3 Å². The van der Waals surface area contributed by atoms with Crippen molar-refractivity contribution in [2.24, 2.45) is 5.92 Å². The van der Waals surface area contributed by atoms with Crippen molar-refractivity contribution in [1.29, 1.82) is 0 Å². The highest BCUT2D eigenvalue weighted by Crippen LogP contribution is 2.23. The molecule has 8 heteroatoms. The molecule has 1 aromatic heterocycles. The number of nitrogens with zero attached hydrogens (tertiary/aromatic N) is 4. The van der Waals surface area contributed by atoms with Crippen LogP contribution in [-0.2, 0) is 9.59 Å². The second-order valence-corrected chi connectivity index (χ2v) is 7.20. The van der Waals surface area contributed by atoms with Gasteiger partial charge in [-0.2, -0.15) is 0 Å². The van der Waals surface area contributed by atoms with Gasteiger partial charge in [0.15, 0.2) is 0 Å². The maximum absolute atomic E-state index is 12.7. The van der Waals surface area contributed by atoms with Crippen molar-refractivity contribution in [1.82, 2.24) is 25.1 Å². The van der Waals surface area contributed by atoms with Crippen molar-refractivity contribution in [2.45, 2.75) is 45.2 Å². The predicted octanol–water partition coefficient (Wildman–Crippen LogP) is 0.454. The lowest BCUT2D eigenvalue weighted by Crippen LogP contribution is -2.48. The van der Waals surface area contributed by atoms with Crippen molar-refractivity contribution < 1.29 is 14.4 Å². The first-order chi connectivity index (χ1) is 12.5. The van der Waals surface area contributed by atoms with Crippen LogP contribution in [0.15, 0.2) is 18.6 Å². The molecule has 0 radical (unpaired) electrons. The predicted molar refractivity (Wildman–Crippen MR) is 94.1 cm³/mol. The molecule has 0 saturated carbocycles. The first-order valence-electron chi connectivity index (χ1n) is 9.11. The Kier molecular flexibility index (Phi) is 5.49. The Morgan fingerprint density at radius 1 is 1.23 bits per heavy atom. The van der Waals surface area contributed by atoms with Crippen LogP contribution in [-0.4, -0.2) is 69.2 Å². The van der Waals surface area contributed by atoms with E-state index in [4.69, 9.17) is 0 Å². The minimum atomic E-state index is -0.240. The number of amides is 3. The lowest BCUT2D eigenvalue weighted by atomic mass is 10.0. The molecule has 0 aliphatic carbocycles. The maximum atomic E-state index is 12.7. The Morgan fingerprint density at radius 3 is 2.54 bits per heavy atom. The zero-order valence-corrected chi connectivity index (χ0v) is 15.2. The van der Waals surface area contributed by atoms with E-state index >= 15 is 0 Å². The molecule has 2 fully saturated rings. The van der Waals surface area contributed by atoms with Crippen LogP contribution in [0.3, 0.4) is 0 Å². The number of aromatic nitrogens is 2. The summed E-state index contributed by atoms with van der Waals surface area (Å²) in [5, 5.41) is 2.95. The van der Waals surface area contributed by atoms with Gasteiger partial charge in [0, 0.05) is 50.5 Å². The smallest absolute Gasteiger partial charge is 0.271 e. The van der Waals surface area contributed by atoms with Crippen LogP contribution in [0.2, 0.25) is 0 Å². The van der Waals surface area contributed by atoms with Crippen LogP contribution >= 0.6 is 0 Å². The molecule has 1 aromatic rings. The Morgan fingerprint density at radius 2 is 1.96 bits per heavy atom. The molecule has 26 heavy (non-hydrogen) atoms. The van der Waals surface area contributed by atoms with E-state index in [1.807, 2.05) is 18.7 Å². The van der Waals surface area contributed by atoms with Gasteiger partial charge in [0.05, 0.1) is 12.1 Å². The van der Waals surface area contributed by atoms with Gasteiger partial charge in [-0.05, 0) is 26.7 Å². The van der Waals surface area contributed by atoms with Gasteiger partial charge in [0.25, 0.3) is 5.91 Å². The van der Waals surface area contributed by atoms with Gasteiger partial charge in [-0.25, -0.2) is 4.98 Å². The van der Waals surface area contributed by atoms with E-state index in [1.54, 1.807) is 4.90 Å². The molecule has 0 spiro atoms. The van der Waals surface area contributed by atoms with E-state index in [0.717, 1.165) is 0 Å². The molecule has 0 bridgehead atoms. The fourth-order valence-corrected chi connectivity index (χ4v) is 3.57. The van der Waals surface area contributed by atoms with E-state index in [1.165, 1.54) is 18.6 Å². The van der Waals surface area contributed by atoms with E-state index in [0.29, 0.717) is 44.6 Å². The number of carbonyl (C=O) groups is 3. The summed E-state index contributed by atoms with van der Waals surface area (Å²) < 4.78 is 0. The highest BCUT2D eigenvalue weighted by molar-refractivity contribution is 5.92. The Labute approximate surface area is 153 Å². The number of hydrogen-bond donors (Lipinski definition) is 1. The van der Waals surface area contributed by atoms with Gasteiger partial charge in [0.2, 0.25) is 11.8 Å². The number of likely N-dealkylation sites (tertiary alicyclic amines) is 2. The zero-order chi connectivity index (χ0) is 18.7.